The number of hydrogen-bond acceptors (Lipinski definition) is 7. The van der Waals surface area contributed by atoms with Crippen LogP contribution in [0.3, 0.4) is 0 Å². The van der Waals surface area contributed by atoms with Gasteiger partial charge in [-0.3, -0.25) is 4.79 Å². The molecule has 3 aromatic rings. The highest BCUT2D eigenvalue weighted by molar-refractivity contribution is 8.14. The molecule has 3 N–H and O–H groups in total. The summed E-state index contributed by atoms with van der Waals surface area (Å²) in [5, 5.41) is 2.58. The number of rotatable bonds is 7. The van der Waals surface area contributed by atoms with E-state index in [1.54, 1.807) is 12.1 Å². The van der Waals surface area contributed by atoms with Crippen LogP contribution in [0.15, 0.2) is 99.2 Å². The van der Waals surface area contributed by atoms with Crippen molar-refractivity contribution in [3.63, 3.8) is 0 Å². The van der Waals surface area contributed by atoms with Gasteiger partial charge in [-0.1, -0.05) is 36.4 Å². The zero-order chi connectivity index (χ0) is 21.8. The van der Waals surface area contributed by atoms with Gasteiger partial charge in [0, 0.05) is 12.4 Å². The molecule has 0 radical (unpaired) electrons. The first-order valence-electron chi connectivity index (χ1n) is 8.56. The van der Waals surface area contributed by atoms with Crippen LogP contribution in [0.5, 0.6) is 0 Å². The SMILES string of the molecule is NC(=O)c1ccc(NC=C(S(=O)(=O)c2ccccc2)S(=O)(=O)c2ccccc2)nc1. The third-order valence-corrected chi connectivity index (χ3v) is 8.42. The summed E-state index contributed by atoms with van der Waals surface area (Å²) in [5.41, 5.74) is 5.31. The van der Waals surface area contributed by atoms with Gasteiger partial charge >= 0.3 is 0 Å². The summed E-state index contributed by atoms with van der Waals surface area (Å²) in [6, 6.07) is 17.2. The number of anilines is 1. The smallest absolute Gasteiger partial charge is 0.250 e. The first-order chi connectivity index (χ1) is 14.2. The monoisotopic (exact) mass is 443 g/mol. The minimum absolute atomic E-state index is 0.129. The topological polar surface area (TPSA) is 136 Å². The zero-order valence-electron chi connectivity index (χ0n) is 15.5. The zero-order valence-corrected chi connectivity index (χ0v) is 17.1. The number of aromatic nitrogens is 1. The van der Waals surface area contributed by atoms with E-state index >= 15 is 0 Å². The fourth-order valence-corrected chi connectivity index (χ4v) is 6.15. The van der Waals surface area contributed by atoms with Gasteiger partial charge in [-0.2, -0.15) is 0 Å². The van der Waals surface area contributed by atoms with Crippen molar-refractivity contribution in [1.29, 1.82) is 0 Å². The van der Waals surface area contributed by atoms with E-state index in [0.29, 0.717) is 0 Å². The van der Waals surface area contributed by atoms with E-state index in [2.05, 4.69) is 10.3 Å². The lowest BCUT2D eigenvalue weighted by molar-refractivity contribution is 0.1000. The Hall–Kier alpha value is -3.50. The lowest BCUT2D eigenvalue weighted by Crippen LogP contribution is -2.17. The molecule has 0 fully saturated rings. The summed E-state index contributed by atoms with van der Waals surface area (Å²) >= 11 is 0. The molecular weight excluding hydrogens is 426 g/mol. The molecule has 154 valence electrons. The van der Waals surface area contributed by atoms with Crippen molar-refractivity contribution in [3.05, 3.63) is 95.0 Å². The first kappa shape index (κ1) is 21.2. The molecule has 3 rings (SSSR count). The highest BCUT2D eigenvalue weighted by atomic mass is 32.3. The van der Waals surface area contributed by atoms with E-state index in [1.165, 1.54) is 66.9 Å². The summed E-state index contributed by atoms with van der Waals surface area (Å²) < 4.78 is 51.8. The number of carbonyl (C=O) groups is 1. The average Bonchev–Trinajstić information content (AvgIpc) is 2.75. The fraction of sp³-hybridized carbons (Fsp3) is 0. The Balaban J connectivity index is 2.10. The highest BCUT2D eigenvalue weighted by Crippen LogP contribution is 2.29. The van der Waals surface area contributed by atoms with Crippen molar-refractivity contribution in [3.8, 4) is 0 Å². The van der Waals surface area contributed by atoms with E-state index in [-0.39, 0.29) is 21.2 Å². The minimum atomic E-state index is -4.39. The predicted octanol–water partition coefficient (Wildman–Crippen LogP) is 2.34. The summed E-state index contributed by atoms with van der Waals surface area (Å²) in [7, 11) is -8.78. The molecule has 0 saturated heterocycles. The summed E-state index contributed by atoms with van der Waals surface area (Å²) in [6.45, 7) is 0. The maximum Gasteiger partial charge on any atom is 0.250 e. The third kappa shape index (κ3) is 4.39. The van der Waals surface area contributed by atoms with Crippen LogP contribution in [0, 0.1) is 0 Å². The second-order valence-corrected chi connectivity index (χ2v) is 10.1. The first-order valence-corrected chi connectivity index (χ1v) is 11.5. The van der Waals surface area contributed by atoms with Gasteiger partial charge in [-0.25, -0.2) is 21.8 Å². The number of sulfone groups is 2. The highest BCUT2D eigenvalue weighted by Gasteiger charge is 2.33. The number of nitrogens with zero attached hydrogens (tertiary/aromatic N) is 1. The Kier molecular flexibility index (Phi) is 5.99. The molecule has 0 aliphatic carbocycles. The van der Waals surface area contributed by atoms with Gasteiger partial charge in [0.25, 0.3) is 0 Å². The number of carbonyl (C=O) groups excluding carboxylic acids is 1. The average molecular weight is 444 g/mol. The van der Waals surface area contributed by atoms with Crippen molar-refractivity contribution in [2.45, 2.75) is 9.79 Å². The van der Waals surface area contributed by atoms with E-state index < -0.39 is 29.8 Å². The van der Waals surface area contributed by atoms with Crippen molar-refractivity contribution >= 4 is 31.4 Å². The quantitative estimate of drug-likeness (QED) is 0.572. The van der Waals surface area contributed by atoms with E-state index in [0.717, 1.165) is 6.20 Å². The molecule has 0 unspecified atom stereocenters. The molecule has 2 aromatic carbocycles. The molecule has 10 heteroatoms. The van der Waals surface area contributed by atoms with Gasteiger partial charge in [0.05, 0.1) is 15.4 Å². The van der Waals surface area contributed by atoms with E-state index in [9.17, 15) is 21.6 Å². The molecule has 0 spiro atoms. The van der Waals surface area contributed by atoms with Gasteiger partial charge in [0.2, 0.25) is 25.6 Å². The largest absolute Gasteiger partial charge is 0.366 e. The van der Waals surface area contributed by atoms with Crippen LogP contribution >= 0.6 is 0 Å². The van der Waals surface area contributed by atoms with E-state index in [4.69, 9.17) is 5.73 Å². The summed E-state index contributed by atoms with van der Waals surface area (Å²) in [6.07, 6.45) is 2.06. The second kappa shape index (κ2) is 8.47. The third-order valence-electron chi connectivity index (χ3n) is 4.02. The minimum Gasteiger partial charge on any atom is -0.366 e. The number of benzene rings is 2. The fourth-order valence-electron chi connectivity index (χ4n) is 2.49. The number of nitrogens with one attached hydrogen (secondary N) is 1. The maximum atomic E-state index is 13.1. The van der Waals surface area contributed by atoms with Gasteiger partial charge in [-0.15, -0.1) is 0 Å². The molecule has 0 aliphatic heterocycles. The molecular formula is C20H17N3O5S2. The Bertz CT molecular complexity index is 1220. The molecule has 0 saturated carbocycles. The van der Waals surface area contributed by atoms with Crippen LogP contribution in [0.2, 0.25) is 0 Å². The number of amides is 1. The van der Waals surface area contributed by atoms with Gasteiger partial charge in [-0.05, 0) is 36.4 Å². The molecule has 0 aliphatic rings. The molecule has 0 bridgehead atoms. The number of pyridine rings is 1. The number of primary amides is 1. The van der Waals surface area contributed by atoms with Gasteiger partial charge < -0.3 is 11.1 Å². The van der Waals surface area contributed by atoms with Crippen LogP contribution in [0.1, 0.15) is 10.4 Å². The Morgan fingerprint density at radius 1 is 0.800 bits per heavy atom. The molecule has 0 atom stereocenters. The Morgan fingerprint density at radius 3 is 1.70 bits per heavy atom. The van der Waals surface area contributed by atoms with Crippen molar-refractivity contribution in [2.75, 3.05) is 5.32 Å². The molecule has 8 nitrogen and oxygen atoms in total. The van der Waals surface area contributed by atoms with Crippen molar-refractivity contribution in [1.82, 2.24) is 4.98 Å². The van der Waals surface area contributed by atoms with Crippen LogP contribution in [-0.2, 0) is 19.7 Å². The van der Waals surface area contributed by atoms with Gasteiger partial charge in [0.1, 0.15) is 5.82 Å². The molecule has 1 heterocycles. The maximum absolute atomic E-state index is 13.1. The number of nitrogens with two attached hydrogens (primary N) is 1. The van der Waals surface area contributed by atoms with Crippen LogP contribution in [0.4, 0.5) is 5.82 Å². The van der Waals surface area contributed by atoms with Crippen molar-refractivity contribution < 1.29 is 21.6 Å². The normalized spacial score (nSPS) is 11.5. The van der Waals surface area contributed by atoms with Crippen LogP contribution in [-0.4, -0.2) is 27.7 Å². The lowest BCUT2D eigenvalue weighted by atomic mass is 10.3. The number of hydrogen-bond donors (Lipinski definition) is 2. The molecule has 30 heavy (non-hydrogen) atoms. The lowest BCUT2D eigenvalue weighted by Gasteiger charge is -2.11. The Morgan fingerprint density at radius 2 is 1.30 bits per heavy atom. The Labute approximate surface area is 173 Å². The summed E-state index contributed by atoms with van der Waals surface area (Å²) in [4.78, 5) is 14.7. The second-order valence-electron chi connectivity index (χ2n) is 6.04. The van der Waals surface area contributed by atoms with E-state index in [1.807, 2.05) is 0 Å². The standard InChI is InChI=1S/C20H17N3O5S2/c21-20(24)15-11-12-18(22-13-15)23-14-19(29(25,26)16-7-3-1-4-8-16)30(27,28)17-9-5-2-6-10-17/h1-14H,(H2,21,24)(H,22,23). The van der Waals surface area contributed by atoms with Gasteiger partial charge in [0.15, 0.2) is 4.24 Å². The van der Waals surface area contributed by atoms with Crippen molar-refractivity contribution in [2.24, 2.45) is 5.73 Å². The van der Waals surface area contributed by atoms with Crippen LogP contribution in [0.25, 0.3) is 0 Å². The summed E-state index contributed by atoms with van der Waals surface area (Å²) in [5.74, 6) is -0.549. The molecule has 1 aromatic heterocycles. The predicted molar refractivity (Wildman–Crippen MR) is 112 cm³/mol. The van der Waals surface area contributed by atoms with Crippen LogP contribution < -0.4 is 11.1 Å². The molecule has 1 amide bonds.